The first-order valence-electron chi connectivity index (χ1n) is 6.34. The van der Waals surface area contributed by atoms with Gasteiger partial charge in [-0.05, 0) is 37.2 Å². The van der Waals surface area contributed by atoms with Gasteiger partial charge in [0, 0.05) is 16.8 Å². The van der Waals surface area contributed by atoms with Gasteiger partial charge in [0.1, 0.15) is 12.4 Å². The Labute approximate surface area is 123 Å². The standard InChI is InChI=1S/C15H17ClN2O2/c1-19-15-11(4-3-9-18-15)10-20-14-6-2-5-13(16)12(14)7-8-17/h2-6,9H,7-8,10,17H2,1H3. The Kier molecular flexibility index (Phi) is 5.21. The smallest absolute Gasteiger partial charge is 0.219 e. The molecule has 1 aromatic heterocycles. The number of nitrogens with zero attached hydrogens (tertiary/aromatic N) is 1. The van der Waals surface area contributed by atoms with Crippen LogP contribution in [0.1, 0.15) is 11.1 Å². The average Bonchev–Trinajstić information content (AvgIpc) is 2.48. The Hall–Kier alpha value is -1.78. The molecule has 1 heterocycles. The summed E-state index contributed by atoms with van der Waals surface area (Å²) in [7, 11) is 1.59. The Morgan fingerprint density at radius 2 is 2.10 bits per heavy atom. The molecule has 5 heteroatoms. The SMILES string of the molecule is COc1ncccc1COc1cccc(Cl)c1CCN. The lowest BCUT2D eigenvalue weighted by atomic mass is 10.1. The summed E-state index contributed by atoms with van der Waals surface area (Å²) in [4.78, 5) is 4.14. The molecule has 0 fully saturated rings. The number of nitrogens with two attached hydrogens (primary N) is 1. The first kappa shape index (κ1) is 14.6. The van der Waals surface area contributed by atoms with E-state index in [4.69, 9.17) is 26.8 Å². The molecule has 2 rings (SSSR count). The molecule has 0 atom stereocenters. The predicted octanol–water partition coefficient (Wildman–Crippen LogP) is 2.82. The lowest BCUT2D eigenvalue weighted by Gasteiger charge is -2.13. The van der Waals surface area contributed by atoms with Gasteiger partial charge in [-0.2, -0.15) is 0 Å². The van der Waals surface area contributed by atoms with E-state index in [1.54, 1.807) is 13.3 Å². The molecule has 0 unspecified atom stereocenters. The minimum Gasteiger partial charge on any atom is -0.488 e. The first-order chi connectivity index (χ1) is 9.76. The number of hydrogen-bond acceptors (Lipinski definition) is 4. The molecular formula is C15H17ClN2O2. The van der Waals surface area contributed by atoms with Gasteiger partial charge in [-0.15, -0.1) is 0 Å². The number of pyridine rings is 1. The topological polar surface area (TPSA) is 57.4 Å². The van der Waals surface area contributed by atoms with Crippen molar-refractivity contribution >= 4 is 11.6 Å². The van der Waals surface area contributed by atoms with Crippen LogP contribution in [0.5, 0.6) is 11.6 Å². The van der Waals surface area contributed by atoms with Gasteiger partial charge in [0.15, 0.2) is 0 Å². The van der Waals surface area contributed by atoms with Crippen molar-refractivity contribution in [2.24, 2.45) is 5.73 Å². The van der Waals surface area contributed by atoms with Crippen molar-refractivity contribution in [3.8, 4) is 11.6 Å². The second-order valence-corrected chi connectivity index (χ2v) is 4.62. The highest BCUT2D eigenvalue weighted by Gasteiger charge is 2.09. The van der Waals surface area contributed by atoms with Crippen LogP contribution in [0.15, 0.2) is 36.5 Å². The van der Waals surface area contributed by atoms with Gasteiger partial charge in [0.25, 0.3) is 0 Å². The van der Waals surface area contributed by atoms with E-state index in [0.29, 0.717) is 30.5 Å². The maximum absolute atomic E-state index is 6.18. The van der Waals surface area contributed by atoms with Crippen LogP contribution in [0.25, 0.3) is 0 Å². The third-order valence-corrected chi connectivity index (χ3v) is 3.25. The van der Waals surface area contributed by atoms with E-state index in [-0.39, 0.29) is 0 Å². The van der Waals surface area contributed by atoms with Crippen molar-refractivity contribution in [3.63, 3.8) is 0 Å². The molecule has 106 valence electrons. The van der Waals surface area contributed by atoms with E-state index in [1.165, 1.54) is 0 Å². The van der Waals surface area contributed by atoms with Gasteiger partial charge in [0.2, 0.25) is 5.88 Å². The lowest BCUT2D eigenvalue weighted by molar-refractivity contribution is 0.291. The van der Waals surface area contributed by atoms with E-state index in [9.17, 15) is 0 Å². The molecule has 0 aliphatic heterocycles. The summed E-state index contributed by atoms with van der Waals surface area (Å²) in [5.74, 6) is 1.31. The van der Waals surface area contributed by atoms with Gasteiger partial charge >= 0.3 is 0 Å². The number of hydrogen-bond donors (Lipinski definition) is 1. The molecule has 0 aliphatic rings. The van der Waals surface area contributed by atoms with Crippen molar-refractivity contribution in [2.75, 3.05) is 13.7 Å². The van der Waals surface area contributed by atoms with Crippen LogP contribution in [0, 0.1) is 0 Å². The number of aromatic nitrogens is 1. The molecule has 4 nitrogen and oxygen atoms in total. The molecule has 20 heavy (non-hydrogen) atoms. The summed E-state index contributed by atoms with van der Waals surface area (Å²) >= 11 is 6.18. The van der Waals surface area contributed by atoms with Crippen molar-refractivity contribution in [3.05, 3.63) is 52.7 Å². The van der Waals surface area contributed by atoms with Gasteiger partial charge in [-0.3, -0.25) is 0 Å². The summed E-state index contributed by atoms with van der Waals surface area (Å²) in [6, 6.07) is 9.35. The summed E-state index contributed by atoms with van der Waals surface area (Å²) in [6.07, 6.45) is 2.36. The van der Waals surface area contributed by atoms with Crippen LogP contribution >= 0.6 is 11.6 Å². The van der Waals surface area contributed by atoms with Crippen LogP contribution in [-0.4, -0.2) is 18.6 Å². The number of benzene rings is 1. The minimum atomic E-state index is 0.370. The predicted molar refractivity (Wildman–Crippen MR) is 79.3 cm³/mol. The zero-order chi connectivity index (χ0) is 14.4. The molecule has 2 N–H and O–H groups in total. The lowest BCUT2D eigenvalue weighted by Crippen LogP contribution is -2.06. The van der Waals surface area contributed by atoms with E-state index in [2.05, 4.69) is 4.98 Å². The highest BCUT2D eigenvalue weighted by atomic mass is 35.5. The molecule has 0 saturated carbocycles. The van der Waals surface area contributed by atoms with E-state index in [0.717, 1.165) is 16.9 Å². The Morgan fingerprint density at radius 1 is 1.25 bits per heavy atom. The molecule has 2 aromatic rings. The van der Waals surface area contributed by atoms with Crippen LogP contribution < -0.4 is 15.2 Å². The number of methoxy groups -OCH3 is 1. The quantitative estimate of drug-likeness (QED) is 0.889. The largest absolute Gasteiger partial charge is 0.488 e. The third-order valence-electron chi connectivity index (χ3n) is 2.90. The highest BCUT2D eigenvalue weighted by Crippen LogP contribution is 2.28. The first-order valence-corrected chi connectivity index (χ1v) is 6.72. The fourth-order valence-corrected chi connectivity index (χ4v) is 2.19. The molecule has 0 saturated heterocycles. The molecule has 0 bridgehead atoms. The summed E-state index contributed by atoms with van der Waals surface area (Å²) in [5, 5.41) is 0.672. The van der Waals surface area contributed by atoms with Gasteiger partial charge in [-0.25, -0.2) is 4.98 Å². The van der Waals surface area contributed by atoms with Crippen molar-refractivity contribution < 1.29 is 9.47 Å². The maximum atomic E-state index is 6.18. The number of rotatable bonds is 6. The van der Waals surface area contributed by atoms with Gasteiger partial charge in [-0.1, -0.05) is 17.7 Å². The molecular weight excluding hydrogens is 276 g/mol. The minimum absolute atomic E-state index is 0.370. The summed E-state index contributed by atoms with van der Waals surface area (Å²) in [5.41, 5.74) is 7.42. The third kappa shape index (κ3) is 3.40. The van der Waals surface area contributed by atoms with Crippen LogP contribution in [-0.2, 0) is 13.0 Å². The summed E-state index contributed by atoms with van der Waals surface area (Å²) in [6.45, 7) is 0.894. The fourth-order valence-electron chi connectivity index (χ4n) is 1.93. The van der Waals surface area contributed by atoms with Crippen LogP contribution in [0.4, 0.5) is 0 Å². The highest BCUT2D eigenvalue weighted by molar-refractivity contribution is 6.31. The van der Waals surface area contributed by atoms with Crippen molar-refractivity contribution in [2.45, 2.75) is 13.0 Å². The normalized spacial score (nSPS) is 10.3. The zero-order valence-electron chi connectivity index (χ0n) is 11.3. The van der Waals surface area contributed by atoms with E-state index < -0.39 is 0 Å². The van der Waals surface area contributed by atoms with E-state index in [1.807, 2.05) is 30.3 Å². The Bertz CT molecular complexity index is 576. The van der Waals surface area contributed by atoms with E-state index >= 15 is 0 Å². The molecule has 0 spiro atoms. The fraction of sp³-hybridized carbons (Fsp3) is 0.267. The van der Waals surface area contributed by atoms with Gasteiger partial charge < -0.3 is 15.2 Å². The van der Waals surface area contributed by atoms with Crippen molar-refractivity contribution in [1.82, 2.24) is 4.98 Å². The van der Waals surface area contributed by atoms with Crippen LogP contribution in [0.3, 0.4) is 0 Å². The maximum Gasteiger partial charge on any atom is 0.219 e. The Morgan fingerprint density at radius 3 is 2.85 bits per heavy atom. The molecule has 1 aromatic carbocycles. The van der Waals surface area contributed by atoms with Gasteiger partial charge in [0.05, 0.1) is 12.7 Å². The number of halogens is 1. The average molecular weight is 293 g/mol. The van der Waals surface area contributed by atoms with Crippen molar-refractivity contribution in [1.29, 1.82) is 0 Å². The molecule has 0 amide bonds. The second kappa shape index (κ2) is 7.12. The summed E-state index contributed by atoms with van der Waals surface area (Å²) < 4.78 is 11.0. The molecule has 0 radical (unpaired) electrons. The number of ether oxygens (including phenoxy) is 2. The van der Waals surface area contributed by atoms with Crippen LogP contribution in [0.2, 0.25) is 5.02 Å². The zero-order valence-corrected chi connectivity index (χ0v) is 12.1. The monoisotopic (exact) mass is 292 g/mol. The Balaban J connectivity index is 2.16. The molecule has 0 aliphatic carbocycles. The second-order valence-electron chi connectivity index (χ2n) is 4.22.